The molecule has 5 fully saturated rings. The normalized spacial score (nSPS) is 34.2. The molecular formula is C47H66O19Si. The van der Waals surface area contributed by atoms with E-state index < -0.39 is 113 Å². The van der Waals surface area contributed by atoms with Gasteiger partial charge in [0.2, 0.25) is 0 Å². The molecule has 15 atom stereocenters. The van der Waals surface area contributed by atoms with Gasteiger partial charge in [0, 0.05) is 51.8 Å². The molecule has 0 aliphatic carbocycles. The Labute approximate surface area is 392 Å². The zero-order valence-corrected chi connectivity index (χ0v) is 40.7. The number of methoxy groups -OCH3 is 3. The molecule has 2 aromatic rings. The molecule has 372 valence electrons. The highest BCUT2D eigenvalue weighted by molar-refractivity contribution is 6.73. The van der Waals surface area contributed by atoms with Gasteiger partial charge in [0.1, 0.15) is 42.0 Å². The monoisotopic (exact) mass is 962 g/mol. The molecule has 0 amide bonds. The van der Waals surface area contributed by atoms with Gasteiger partial charge in [-0.25, -0.2) is 0 Å². The van der Waals surface area contributed by atoms with Gasteiger partial charge < -0.3 is 75.5 Å². The molecule has 0 aromatic heterocycles. The maximum Gasteiger partial charge on any atom is 0.303 e. The summed E-state index contributed by atoms with van der Waals surface area (Å²) in [6, 6.07) is 17.8. The zero-order chi connectivity index (χ0) is 47.8. The van der Waals surface area contributed by atoms with E-state index in [0.29, 0.717) is 12.2 Å². The Morgan fingerprint density at radius 3 is 1.57 bits per heavy atom. The first-order valence-corrected chi connectivity index (χ1v) is 25.6. The number of carbonyl (C=O) groups excluding carboxylic acids is 3. The fourth-order valence-corrected chi connectivity index (χ4v) is 12.2. The summed E-state index contributed by atoms with van der Waals surface area (Å²) in [5.41, 5.74) is 1.63. The van der Waals surface area contributed by atoms with Crippen LogP contribution < -0.4 is 9.47 Å². The van der Waals surface area contributed by atoms with Gasteiger partial charge in [-0.15, -0.1) is 0 Å². The van der Waals surface area contributed by atoms with E-state index in [2.05, 4.69) is 20.8 Å². The van der Waals surface area contributed by atoms with Crippen LogP contribution in [0.1, 0.15) is 78.1 Å². The second-order valence-electron chi connectivity index (χ2n) is 17.2. The Hall–Kier alpha value is -3.77. The highest BCUT2D eigenvalue weighted by atomic mass is 28.4. The van der Waals surface area contributed by atoms with Crippen LogP contribution in [0, 0.1) is 0 Å². The van der Waals surface area contributed by atoms with Crippen molar-refractivity contribution >= 4 is 26.2 Å². The van der Waals surface area contributed by atoms with E-state index in [1.165, 1.54) is 27.9 Å². The zero-order valence-electron chi connectivity index (χ0n) is 39.7. The first kappa shape index (κ1) is 51.1. The van der Waals surface area contributed by atoms with Gasteiger partial charge in [0.25, 0.3) is 0 Å². The maximum absolute atomic E-state index is 12.5. The predicted molar refractivity (Wildman–Crippen MR) is 235 cm³/mol. The van der Waals surface area contributed by atoms with Crippen LogP contribution in [0.4, 0.5) is 0 Å². The van der Waals surface area contributed by atoms with E-state index in [9.17, 15) is 14.4 Å². The van der Waals surface area contributed by atoms with Crippen LogP contribution >= 0.6 is 0 Å². The van der Waals surface area contributed by atoms with E-state index in [1.54, 1.807) is 14.2 Å². The SMILES string of the molecule is CC[Si](CC)(CC)O[C@@H]1C[C@H](O[C@@H]2C[C@H](OC[C@H]3O[C@H](OC)[C@H](OC(C)=O)[C@@H](OC(C)=O)[C@@H]3OC(C)=O)O[C@@H]3COC(c4ccc(OC)cc4)O[C@H]32)O[C@@H]2COC(c3ccc(OC)cc3)O[C@H]21. The number of benzene rings is 2. The molecule has 5 aliphatic heterocycles. The van der Waals surface area contributed by atoms with Crippen molar-refractivity contribution in [3.05, 3.63) is 59.7 Å². The summed E-state index contributed by atoms with van der Waals surface area (Å²) in [6.45, 7) is 10.3. The molecule has 7 rings (SSSR count). The van der Waals surface area contributed by atoms with Crippen molar-refractivity contribution in [2.45, 2.75) is 165 Å². The lowest BCUT2D eigenvalue weighted by Gasteiger charge is -2.50. The van der Waals surface area contributed by atoms with Crippen LogP contribution in [0.2, 0.25) is 18.1 Å². The number of fused-ring (bicyclic) bond motifs is 2. The minimum Gasteiger partial charge on any atom is -0.497 e. The van der Waals surface area contributed by atoms with Crippen molar-refractivity contribution in [3.8, 4) is 11.5 Å². The Kier molecular flexibility index (Phi) is 17.7. The van der Waals surface area contributed by atoms with Gasteiger partial charge in [-0.3, -0.25) is 14.4 Å². The van der Waals surface area contributed by atoms with Crippen molar-refractivity contribution in [1.29, 1.82) is 0 Å². The molecular weight excluding hydrogens is 897 g/mol. The molecule has 5 aliphatic rings. The summed E-state index contributed by atoms with van der Waals surface area (Å²) < 4.78 is 99.0. The Bertz CT molecular complexity index is 1910. The average Bonchev–Trinajstić information content (AvgIpc) is 3.33. The number of carbonyl (C=O) groups is 3. The standard InChI is InChI=1S/C47H66O19Si/c1-10-67(11-2,12-3)66-34-22-39(62-36-25-56-46(65-41(34)36)30-15-19-32(52-8)20-16-30)60-33-21-38(61-35-24-55-45(64-40(33)35)29-13-17-31(51-7)18-14-29)54-23-37-42(57-26(4)48)43(58-27(5)49)44(59-28(6)50)47(53-9)63-37/h13-20,33-47H,10-12,21-25H2,1-9H3/t33-,34-,35-,36-,37-,38-,39-,40+,41+,42-,43+,44-,45?,46?,47+/m1/s1. The Morgan fingerprint density at radius 1 is 0.597 bits per heavy atom. The summed E-state index contributed by atoms with van der Waals surface area (Å²) in [5, 5.41) is 0. The Morgan fingerprint density at radius 2 is 1.07 bits per heavy atom. The maximum atomic E-state index is 12.5. The van der Waals surface area contributed by atoms with Gasteiger partial charge >= 0.3 is 17.9 Å². The highest BCUT2D eigenvalue weighted by Crippen LogP contribution is 2.42. The molecule has 0 saturated carbocycles. The van der Waals surface area contributed by atoms with Crippen LogP contribution in [0.5, 0.6) is 11.5 Å². The van der Waals surface area contributed by atoms with E-state index in [-0.39, 0.29) is 32.3 Å². The molecule has 0 radical (unpaired) electrons. The lowest BCUT2D eigenvalue weighted by Crippen LogP contribution is -2.63. The third kappa shape index (κ3) is 12.3. The quantitative estimate of drug-likeness (QED) is 0.104. The van der Waals surface area contributed by atoms with Gasteiger partial charge in [0.15, 0.2) is 58.1 Å². The largest absolute Gasteiger partial charge is 0.497 e. The highest BCUT2D eigenvalue weighted by Gasteiger charge is 2.54. The molecule has 5 saturated heterocycles. The number of esters is 3. The average molecular weight is 963 g/mol. The minimum atomic E-state index is -2.19. The van der Waals surface area contributed by atoms with Crippen LogP contribution in [0.25, 0.3) is 0 Å². The van der Waals surface area contributed by atoms with Crippen molar-refractivity contribution in [2.24, 2.45) is 0 Å². The van der Waals surface area contributed by atoms with E-state index >= 15 is 0 Å². The third-order valence-corrected chi connectivity index (χ3v) is 17.6. The first-order valence-electron chi connectivity index (χ1n) is 23.1. The van der Waals surface area contributed by atoms with Crippen LogP contribution in [0.15, 0.2) is 48.5 Å². The second kappa shape index (κ2) is 23.2. The fourth-order valence-electron chi connectivity index (χ4n) is 9.34. The number of rotatable bonds is 18. The van der Waals surface area contributed by atoms with Gasteiger partial charge in [-0.1, -0.05) is 45.0 Å². The molecule has 0 N–H and O–H groups in total. The van der Waals surface area contributed by atoms with Gasteiger partial charge in [-0.2, -0.15) is 0 Å². The summed E-state index contributed by atoms with van der Waals surface area (Å²) in [4.78, 5) is 37.0. The molecule has 2 unspecified atom stereocenters. The molecule has 5 heterocycles. The molecule has 0 spiro atoms. The molecule has 67 heavy (non-hydrogen) atoms. The van der Waals surface area contributed by atoms with Crippen molar-refractivity contribution in [3.63, 3.8) is 0 Å². The van der Waals surface area contributed by atoms with Crippen molar-refractivity contribution < 1.29 is 89.9 Å². The number of hydrogen-bond acceptors (Lipinski definition) is 19. The van der Waals surface area contributed by atoms with Gasteiger partial charge in [0.05, 0.1) is 46.2 Å². The second-order valence-corrected chi connectivity index (χ2v) is 21.9. The molecule has 19 nitrogen and oxygen atoms in total. The fraction of sp³-hybridized carbons (Fsp3) is 0.681. The van der Waals surface area contributed by atoms with Gasteiger partial charge in [-0.05, 0) is 42.4 Å². The summed E-state index contributed by atoms with van der Waals surface area (Å²) in [7, 11) is 2.38. The lowest BCUT2D eigenvalue weighted by molar-refractivity contribution is -0.377. The third-order valence-electron chi connectivity index (χ3n) is 13.0. The van der Waals surface area contributed by atoms with Crippen LogP contribution in [0.3, 0.4) is 0 Å². The smallest absolute Gasteiger partial charge is 0.303 e. The lowest BCUT2D eigenvalue weighted by atomic mass is 9.97. The van der Waals surface area contributed by atoms with E-state index in [1.807, 2.05) is 48.5 Å². The summed E-state index contributed by atoms with van der Waals surface area (Å²) in [5.74, 6) is -0.675. The molecule has 20 heteroatoms. The summed E-state index contributed by atoms with van der Waals surface area (Å²) in [6.07, 6.45) is -12.0. The number of ether oxygens (including phenoxy) is 15. The summed E-state index contributed by atoms with van der Waals surface area (Å²) >= 11 is 0. The molecule has 2 aromatic carbocycles. The first-order chi connectivity index (χ1) is 32.3. The predicted octanol–water partition coefficient (Wildman–Crippen LogP) is 5.42. The van der Waals surface area contributed by atoms with Crippen molar-refractivity contribution in [1.82, 2.24) is 0 Å². The van der Waals surface area contributed by atoms with E-state index in [4.69, 9.17) is 75.5 Å². The van der Waals surface area contributed by atoms with Crippen molar-refractivity contribution in [2.75, 3.05) is 41.2 Å². The Balaban J connectivity index is 1.13. The minimum absolute atomic E-state index is 0.120. The molecule has 0 bridgehead atoms. The van der Waals surface area contributed by atoms with Crippen LogP contribution in [-0.2, 0) is 80.4 Å². The topological polar surface area (TPSA) is 199 Å². The van der Waals surface area contributed by atoms with Crippen LogP contribution in [-0.4, -0.2) is 147 Å². The van der Waals surface area contributed by atoms with E-state index in [0.717, 1.165) is 35.0 Å². The number of hydrogen-bond donors (Lipinski definition) is 0.